The Bertz CT molecular complexity index is 700. The van der Waals surface area contributed by atoms with Crippen molar-refractivity contribution in [2.75, 3.05) is 0 Å². The van der Waals surface area contributed by atoms with Crippen LogP contribution in [0.5, 0.6) is 0 Å². The lowest BCUT2D eigenvalue weighted by Crippen LogP contribution is -1.84. The lowest BCUT2D eigenvalue weighted by Gasteiger charge is -2.00. The van der Waals surface area contributed by atoms with Crippen molar-refractivity contribution in [3.63, 3.8) is 0 Å². The molecule has 0 aliphatic carbocycles. The molecule has 0 bridgehead atoms. The first-order chi connectivity index (χ1) is 11.3. The molecule has 0 amide bonds. The van der Waals surface area contributed by atoms with Crippen LogP contribution in [0.15, 0.2) is 92.1 Å². The summed E-state index contributed by atoms with van der Waals surface area (Å²) in [6.07, 6.45) is 11.7. The maximum absolute atomic E-state index is 8.19. The summed E-state index contributed by atoms with van der Waals surface area (Å²) >= 11 is 0. The largest absolute Gasteiger partial charge is 0.193 e. The Kier molecular flexibility index (Phi) is 9.00. The first-order valence-corrected chi connectivity index (χ1v) is 7.41. The molecule has 114 valence electrons. The monoisotopic (exact) mass is 299 g/mol. The van der Waals surface area contributed by atoms with E-state index in [0.717, 1.165) is 12.0 Å². The van der Waals surface area contributed by atoms with Gasteiger partial charge < -0.3 is 0 Å². The Balaban J connectivity index is 0.000000231. The molecule has 0 N–H and O–H groups in total. The minimum Gasteiger partial charge on any atom is -0.193 e. The molecule has 1 heteroatoms. The third-order valence-electron chi connectivity index (χ3n) is 3.01. The third kappa shape index (κ3) is 7.45. The minimum atomic E-state index is 0.919. The number of rotatable bonds is 5. The summed E-state index contributed by atoms with van der Waals surface area (Å²) in [6.45, 7) is 7.44. The van der Waals surface area contributed by atoms with Crippen molar-refractivity contribution in [3.05, 3.63) is 109 Å². The van der Waals surface area contributed by atoms with E-state index in [0.29, 0.717) is 0 Å². The van der Waals surface area contributed by atoms with Gasteiger partial charge in [-0.1, -0.05) is 91.6 Å². The fourth-order valence-corrected chi connectivity index (χ4v) is 1.90. The van der Waals surface area contributed by atoms with Crippen molar-refractivity contribution in [1.82, 2.24) is 0 Å². The van der Waals surface area contributed by atoms with Gasteiger partial charge >= 0.3 is 0 Å². The van der Waals surface area contributed by atoms with Crippen molar-refractivity contribution in [3.8, 4) is 6.07 Å². The van der Waals surface area contributed by atoms with Crippen LogP contribution in [0.4, 0.5) is 0 Å². The summed E-state index contributed by atoms with van der Waals surface area (Å²) < 4.78 is 0. The van der Waals surface area contributed by atoms with Gasteiger partial charge in [0.05, 0.1) is 6.07 Å². The maximum Gasteiger partial charge on any atom is 0.0912 e. The van der Waals surface area contributed by atoms with Gasteiger partial charge in [0, 0.05) is 6.08 Å². The van der Waals surface area contributed by atoms with E-state index in [1.807, 2.05) is 72.8 Å². The minimum absolute atomic E-state index is 0.919. The molecule has 0 aliphatic rings. The van der Waals surface area contributed by atoms with Crippen LogP contribution in [-0.4, -0.2) is 0 Å². The van der Waals surface area contributed by atoms with Crippen LogP contribution in [0.25, 0.3) is 12.2 Å². The highest BCUT2D eigenvalue weighted by atomic mass is 14.2. The second-order valence-electron chi connectivity index (χ2n) is 4.65. The number of nitrogens with zero attached hydrogens (tertiary/aromatic N) is 1. The van der Waals surface area contributed by atoms with Gasteiger partial charge in [0.1, 0.15) is 0 Å². The fraction of sp³-hybridized carbons (Fsp3) is 0.0455. The molecule has 0 heterocycles. The highest BCUT2D eigenvalue weighted by Crippen LogP contribution is 2.10. The molecule has 0 aliphatic heterocycles. The SMILES string of the molecule is C=CCc1ccccc1C=C.N#CC=CC=Cc1ccccc1. The molecular weight excluding hydrogens is 278 g/mol. The molecule has 1 nitrogen and oxygen atoms in total. The maximum atomic E-state index is 8.19. The average Bonchev–Trinajstić information content (AvgIpc) is 2.61. The summed E-state index contributed by atoms with van der Waals surface area (Å²) in [5.74, 6) is 0. The fourth-order valence-electron chi connectivity index (χ4n) is 1.90. The molecule has 0 atom stereocenters. The van der Waals surface area contributed by atoms with E-state index in [1.54, 1.807) is 6.08 Å². The first-order valence-electron chi connectivity index (χ1n) is 7.41. The van der Waals surface area contributed by atoms with Crippen molar-refractivity contribution in [2.45, 2.75) is 6.42 Å². The lowest BCUT2D eigenvalue weighted by molar-refractivity contribution is 1.26. The molecule has 0 aromatic heterocycles. The van der Waals surface area contributed by atoms with Crippen molar-refractivity contribution >= 4 is 12.2 Å². The van der Waals surface area contributed by atoms with Crippen LogP contribution in [0.3, 0.4) is 0 Å². The second-order valence-corrected chi connectivity index (χ2v) is 4.65. The molecule has 23 heavy (non-hydrogen) atoms. The molecule has 0 spiro atoms. The summed E-state index contributed by atoms with van der Waals surface area (Å²) in [5, 5.41) is 8.19. The predicted octanol–water partition coefficient (Wildman–Crippen LogP) is 5.84. The van der Waals surface area contributed by atoms with Gasteiger partial charge in [0.15, 0.2) is 0 Å². The summed E-state index contributed by atoms with van der Waals surface area (Å²) in [6, 6.07) is 20.1. The van der Waals surface area contributed by atoms with Crippen molar-refractivity contribution in [2.24, 2.45) is 0 Å². The van der Waals surface area contributed by atoms with Crippen LogP contribution in [0.1, 0.15) is 16.7 Å². The van der Waals surface area contributed by atoms with Crippen LogP contribution < -0.4 is 0 Å². The smallest absolute Gasteiger partial charge is 0.0912 e. The lowest BCUT2D eigenvalue weighted by atomic mass is 10.1. The normalized spacial score (nSPS) is 9.87. The second kappa shape index (κ2) is 11.5. The standard InChI is InChI=1S/C11H9N.C11H12/c12-10-6-2-5-9-11-7-3-1-4-8-11;1-3-7-11-9-6-5-8-10(11)4-2/h1-9H;3-6,8-9H,1-2,7H2. The van der Waals surface area contributed by atoms with E-state index in [1.165, 1.54) is 17.2 Å². The van der Waals surface area contributed by atoms with E-state index in [-0.39, 0.29) is 0 Å². The van der Waals surface area contributed by atoms with Gasteiger partial charge in [-0.2, -0.15) is 5.26 Å². The van der Waals surface area contributed by atoms with E-state index in [4.69, 9.17) is 5.26 Å². The van der Waals surface area contributed by atoms with Gasteiger partial charge in [-0.15, -0.1) is 6.58 Å². The number of benzene rings is 2. The Morgan fingerprint density at radius 3 is 2.26 bits per heavy atom. The van der Waals surface area contributed by atoms with E-state index >= 15 is 0 Å². The topological polar surface area (TPSA) is 23.8 Å². The van der Waals surface area contributed by atoms with Crippen LogP contribution >= 0.6 is 0 Å². The molecule has 2 aromatic rings. The molecule has 0 unspecified atom stereocenters. The van der Waals surface area contributed by atoms with Gasteiger partial charge in [-0.3, -0.25) is 0 Å². The van der Waals surface area contributed by atoms with Crippen molar-refractivity contribution < 1.29 is 0 Å². The summed E-state index contributed by atoms with van der Waals surface area (Å²) in [7, 11) is 0. The molecule has 2 rings (SSSR count). The zero-order valence-electron chi connectivity index (χ0n) is 13.2. The predicted molar refractivity (Wildman–Crippen MR) is 101 cm³/mol. The molecule has 2 aromatic carbocycles. The Hall–Kier alpha value is -3.11. The zero-order chi connectivity index (χ0) is 16.8. The first kappa shape index (κ1) is 17.9. The molecular formula is C22H21N. The number of hydrogen-bond donors (Lipinski definition) is 0. The third-order valence-corrected chi connectivity index (χ3v) is 3.01. The molecule has 0 fully saturated rings. The zero-order valence-corrected chi connectivity index (χ0v) is 13.2. The number of allylic oxidation sites excluding steroid dienone is 4. The van der Waals surface area contributed by atoms with E-state index in [9.17, 15) is 0 Å². The van der Waals surface area contributed by atoms with Crippen molar-refractivity contribution in [1.29, 1.82) is 5.26 Å². The molecule has 0 radical (unpaired) electrons. The van der Waals surface area contributed by atoms with Gasteiger partial charge in [-0.05, 0) is 23.1 Å². The highest BCUT2D eigenvalue weighted by molar-refractivity contribution is 5.52. The van der Waals surface area contributed by atoms with Crippen LogP contribution in [0.2, 0.25) is 0 Å². The Morgan fingerprint density at radius 2 is 1.61 bits per heavy atom. The van der Waals surface area contributed by atoms with E-state index < -0.39 is 0 Å². The number of nitriles is 1. The van der Waals surface area contributed by atoms with Crippen LogP contribution in [-0.2, 0) is 6.42 Å². The molecule has 0 saturated carbocycles. The number of hydrogen-bond acceptors (Lipinski definition) is 1. The highest BCUT2D eigenvalue weighted by Gasteiger charge is 1.93. The van der Waals surface area contributed by atoms with Gasteiger partial charge in [0.25, 0.3) is 0 Å². The summed E-state index contributed by atoms with van der Waals surface area (Å²) in [4.78, 5) is 0. The van der Waals surface area contributed by atoms with Gasteiger partial charge in [-0.25, -0.2) is 0 Å². The summed E-state index contributed by atoms with van der Waals surface area (Å²) in [5.41, 5.74) is 3.63. The molecule has 0 saturated heterocycles. The Morgan fingerprint density at radius 1 is 0.913 bits per heavy atom. The van der Waals surface area contributed by atoms with Crippen LogP contribution in [0, 0.1) is 11.3 Å². The average molecular weight is 299 g/mol. The van der Waals surface area contributed by atoms with Gasteiger partial charge in [0.2, 0.25) is 0 Å². The quantitative estimate of drug-likeness (QED) is 0.386. The van der Waals surface area contributed by atoms with E-state index in [2.05, 4.69) is 25.3 Å². The Labute approximate surface area is 139 Å².